The smallest absolute Gasteiger partial charge is 0.145 e. The lowest BCUT2D eigenvalue weighted by Gasteiger charge is -2.00. The molecule has 114 valence electrons. The van der Waals surface area contributed by atoms with Crippen molar-refractivity contribution in [2.45, 2.75) is 78.1 Å². The van der Waals surface area contributed by atoms with Gasteiger partial charge in [-0.1, -0.05) is 88.7 Å². The second-order valence-corrected chi connectivity index (χ2v) is 5.46. The van der Waals surface area contributed by atoms with E-state index in [0.717, 1.165) is 18.3 Å². The average Bonchev–Trinajstić information content (AvgIpc) is 2.47. The number of aldehydes is 1. The van der Waals surface area contributed by atoms with E-state index in [2.05, 4.69) is 19.1 Å². The fourth-order valence-electron chi connectivity index (χ4n) is 2.06. The third-order valence-electron chi connectivity index (χ3n) is 3.38. The van der Waals surface area contributed by atoms with E-state index in [1.54, 1.807) is 0 Å². The van der Waals surface area contributed by atoms with Gasteiger partial charge in [0.05, 0.1) is 0 Å². The van der Waals surface area contributed by atoms with E-state index in [4.69, 9.17) is 0 Å². The number of unbranched alkanes of at least 4 members (excludes halogenated alkanes) is 9. The zero-order chi connectivity index (χ0) is 14.9. The lowest BCUT2D eigenvalue weighted by atomic mass is 10.1. The molecule has 0 unspecified atom stereocenters. The van der Waals surface area contributed by atoms with Crippen molar-refractivity contribution in [1.29, 1.82) is 0 Å². The van der Waals surface area contributed by atoms with Gasteiger partial charge in [-0.05, 0) is 25.3 Å². The average molecular weight is 276 g/mol. The molecular weight excluding hydrogens is 244 g/mol. The van der Waals surface area contributed by atoms with E-state index >= 15 is 0 Å². The quantitative estimate of drug-likeness (QED) is 0.170. The fraction of sp³-hybridized carbons (Fsp3) is 0.632. The molecule has 0 bridgehead atoms. The highest BCUT2D eigenvalue weighted by molar-refractivity contribution is 5.72. The molecule has 0 aliphatic rings. The number of allylic oxidation sites excluding steroid dienone is 6. The van der Waals surface area contributed by atoms with Crippen LogP contribution in [0.1, 0.15) is 78.1 Å². The summed E-state index contributed by atoms with van der Waals surface area (Å²) in [5, 5.41) is 0. The van der Waals surface area contributed by atoms with Crippen molar-refractivity contribution in [2.75, 3.05) is 0 Å². The van der Waals surface area contributed by atoms with Crippen molar-refractivity contribution in [3.8, 4) is 0 Å². The lowest BCUT2D eigenvalue weighted by Crippen LogP contribution is -1.80. The largest absolute Gasteiger partial charge is 0.298 e. The van der Waals surface area contributed by atoms with Crippen LogP contribution in [0.25, 0.3) is 0 Å². The molecule has 0 fully saturated rings. The van der Waals surface area contributed by atoms with Crippen LogP contribution < -0.4 is 0 Å². The maximum atomic E-state index is 10.3. The zero-order valence-electron chi connectivity index (χ0n) is 13.4. The van der Waals surface area contributed by atoms with Gasteiger partial charge in [0, 0.05) is 0 Å². The van der Waals surface area contributed by atoms with Crippen molar-refractivity contribution in [3.63, 3.8) is 0 Å². The maximum absolute atomic E-state index is 10.3. The Morgan fingerprint density at radius 3 is 2.00 bits per heavy atom. The minimum absolute atomic E-state index is 0.758. The van der Waals surface area contributed by atoms with Crippen molar-refractivity contribution in [1.82, 2.24) is 0 Å². The minimum Gasteiger partial charge on any atom is -0.298 e. The normalized spacial score (nSPS) is 12.6. The third-order valence-corrected chi connectivity index (χ3v) is 3.38. The standard InChI is InChI=1S/C19H32O/c1-3-4-5-6-7-8-9-10-11-12-13-14-15-16-17-19(2)18-20/h13-18H,3-12H2,1-2H3. The first-order valence-electron chi connectivity index (χ1n) is 8.26. The molecule has 0 rings (SSSR count). The van der Waals surface area contributed by atoms with Crippen LogP contribution in [0.4, 0.5) is 0 Å². The van der Waals surface area contributed by atoms with E-state index < -0.39 is 0 Å². The second kappa shape index (κ2) is 15.9. The molecule has 0 N–H and O–H groups in total. The summed E-state index contributed by atoms with van der Waals surface area (Å²) in [7, 11) is 0. The summed E-state index contributed by atoms with van der Waals surface area (Å²) in [6.07, 6.45) is 24.5. The second-order valence-electron chi connectivity index (χ2n) is 5.46. The maximum Gasteiger partial charge on any atom is 0.145 e. The minimum atomic E-state index is 0.758. The summed E-state index contributed by atoms with van der Waals surface area (Å²) >= 11 is 0. The fourth-order valence-corrected chi connectivity index (χ4v) is 2.06. The molecule has 0 saturated heterocycles. The molecular formula is C19H32O. The molecule has 0 aliphatic heterocycles. The van der Waals surface area contributed by atoms with Gasteiger partial charge >= 0.3 is 0 Å². The summed E-state index contributed by atoms with van der Waals surface area (Å²) in [6.45, 7) is 4.08. The van der Waals surface area contributed by atoms with Gasteiger partial charge < -0.3 is 0 Å². The highest BCUT2D eigenvalue weighted by Crippen LogP contribution is 2.10. The first-order chi connectivity index (χ1) is 9.81. The first kappa shape index (κ1) is 18.9. The van der Waals surface area contributed by atoms with Gasteiger partial charge in [0.2, 0.25) is 0 Å². The Balaban J connectivity index is 3.29. The van der Waals surface area contributed by atoms with Gasteiger partial charge in [-0.15, -0.1) is 0 Å². The highest BCUT2D eigenvalue weighted by atomic mass is 16.1. The summed E-state index contributed by atoms with van der Waals surface area (Å²) in [5.41, 5.74) is 0.758. The monoisotopic (exact) mass is 276 g/mol. The molecule has 0 saturated carbocycles. The van der Waals surface area contributed by atoms with Crippen molar-refractivity contribution in [2.24, 2.45) is 0 Å². The topological polar surface area (TPSA) is 17.1 Å². The molecule has 0 atom stereocenters. The lowest BCUT2D eigenvalue weighted by molar-refractivity contribution is -0.104. The molecule has 1 nitrogen and oxygen atoms in total. The van der Waals surface area contributed by atoms with Crippen LogP contribution in [0.5, 0.6) is 0 Å². The van der Waals surface area contributed by atoms with Gasteiger partial charge in [0.15, 0.2) is 0 Å². The van der Waals surface area contributed by atoms with Gasteiger partial charge in [0.1, 0.15) is 6.29 Å². The van der Waals surface area contributed by atoms with Gasteiger partial charge in [-0.3, -0.25) is 4.79 Å². The Bertz CT molecular complexity index is 297. The Labute approximate surface area is 125 Å². The number of rotatable bonds is 13. The number of carbonyl (C=O) groups excluding carboxylic acids is 1. The highest BCUT2D eigenvalue weighted by Gasteiger charge is 1.90. The van der Waals surface area contributed by atoms with Crippen LogP contribution in [0.3, 0.4) is 0 Å². The van der Waals surface area contributed by atoms with E-state index in [-0.39, 0.29) is 0 Å². The van der Waals surface area contributed by atoms with Crippen LogP contribution in [-0.4, -0.2) is 6.29 Å². The predicted octanol–water partition coefficient (Wildman–Crippen LogP) is 6.16. The van der Waals surface area contributed by atoms with Crippen molar-refractivity contribution < 1.29 is 4.79 Å². The number of hydrogen-bond acceptors (Lipinski definition) is 1. The summed E-state index contributed by atoms with van der Waals surface area (Å²) in [4.78, 5) is 10.3. The molecule has 0 spiro atoms. The Kier molecular flexibility index (Phi) is 15.1. The van der Waals surface area contributed by atoms with E-state index in [9.17, 15) is 4.79 Å². The van der Waals surface area contributed by atoms with Crippen LogP contribution in [0.2, 0.25) is 0 Å². The van der Waals surface area contributed by atoms with E-state index in [1.807, 2.05) is 25.2 Å². The van der Waals surface area contributed by atoms with Crippen LogP contribution in [-0.2, 0) is 4.79 Å². The summed E-state index contributed by atoms with van der Waals surface area (Å²) in [6, 6.07) is 0. The van der Waals surface area contributed by atoms with Crippen molar-refractivity contribution >= 4 is 6.29 Å². The van der Waals surface area contributed by atoms with Crippen LogP contribution in [0.15, 0.2) is 36.0 Å². The number of carbonyl (C=O) groups is 1. The zero-order valence-corrected chi connectivity index (χ0v) is 13.4. The van der Waals surface area contributed by atoms with Gasteiger partial charge in [0.25, 0.3) is 0 Å². The Hall–Kier alpha value is -1.11. The van der Waals surface area contributed by atoms with Crippen LogP contribution in [0, 0.1) is 0 Å². The molecule has 0 heterocycles. The SMILES string of the molecule is CCCCCCCCCCCC=CC=CC=C(C)C=O. The van der Waals surface area contributed by atoms with Crippen LogP contribution >= 0.6 is 0 Å². The summed E-state index contributed by atoms with van der Waals surface area (Å²) < 4.78 is 0. The number of hydrogen-bond donors (Lipinski definition) is 0. The molecule has 1 heteroatoms. The molecule has 0 aromatic rings. The third kappa shape index (κ3) is 14.9. The molecule has 0 aromatic carbocycles. The first-order valence-corrected chi connectivity index (χ1v) is 8.26. The Morgan fingerprint density at radius 2 is 1.40 bits per heavy atom. The molecule has 0 aliphatic carbocycles. The molecule has 20 heavy (non-hydrogen) atoms. The summed E-state index contributed by atoms with van der Waals surface area (Å²) in [5.74, 6) is 0. The van der Waals surface area contributed by atoms with Gasteiger partial charge in [-0.2, -0.15) is 0 Å². The van der Waals surface area contributed by atoms with E-state index in [0.29, 0.717) is 0 Å². The predicted molar refractivity (Wildman–Crippen MR) is 89.9 cm³/mol. The molecule has 0 aromatic heterocycles. The molecule has 0 radical (unpaired) electrons. The molecule has 0 amide bonds. The van der Waals surface area contributed by atoms with E-state index in [1.165, 1.54) is 57.8 Å². The van der Waals surface area contributed by atoms with Gasteiger partial charge in [-0.25, -0.2) is 0 Å². The van der Waals surface area contributed by atoms with Crippen molar-refractivity contribution in [3.05, 3.63) is 36.0 Å². The Morgan fingerprint density at radius 1 is 0.800 bits per heavy atom.